The lowest BCUT2D eigenvalue weighted by Crippen LogP contribution is -2.31. The van der Waals surface area contributed by atoms with Crippen LogP contribution in [-0.2, 0) is 21.2 Å². The summed E-state index contributed by atoms with van der Waals surface area (Å²) in [4.78, 5) is 16.8. The van der Waals surface area contributed by atoms with Crippen LogP contribution in [0, 0.1) is 6.92 Å². The molecule has 9 heteroatoms. The minimum Gasteiger partial charge on any atom is -0.377 e. The van der Waals surface area contributed by atoms with Crippen molar-refractivity contribution in [1.29, 1.82) is 0 Å². The quantitative estimate of drug-likeness (QED) is 0.557. The Labute approximate surface area is 175 Å². The molecular formula is C20H27N3O4S2. The highest BCUT2D eigenvalue weighted by molar-refractivity contribution is 7.89. The van der Waals surface area contributed by atoms with Crippen molar-refractivity contribution in [2.75, 3.05) is 19.7 Å². The van der Waals surface area contributed by atoms with Crippen LogP contribution in [0.2, 0.25) is 0 Å². The van der Waals surface area contributed by atoms with Crippen molar-refractivity contribution in [2.24, 2.45) is 0 Å². The molecule has 1 atom stereocenters. The third-order valence-corrected chi connectivity index (χ3v) is 7.19. The highest BCUT2D eigenvalue weighted by atomic mass is 32.2. The number of nitrogens with one attached hydrogen (secondary N) is 2. The van der Waals surface area contributed by atoms with Crippen molar-refractivity contribution >= 4 is 27.3 Å². The van der Waals surface area contributed by atoms with Gasteiger partial charge in [0.2, 0.25) is 10.0 Å². The van der Waals surface area contributed by atoms with Crippen molar-refractivity contribution in [3.8, 4) is 0 Å². The standard InChI is InChI=1S/C20H27N3O4S2/c1-15-14-28-19(23-15)6-2-3-11-21-20(24)16-7-9-18(10-8-16)29(25,26)22-13-17-5-4-12-27-17/h7-10,14,17,22H,2-6,11-13H2,1H3,(H,21,24). The van der Waals surface area contributed by atoms with Gasteiger partial charge >= 0.3 is 0 Å². The van der Waals surface area contributed by atoms with Crippen LogP contribution < -0.4 is 10.0 Å². The average molecular weight is 438 g/mol. The molecule has 2 heterocycles. The summed E-state index contributed by atoms with van der Waals surface area (Å²) in [6, 6.07) is 5.98. The summed E-state index contributed by atoms with van der Waals surface area (Å²) in [6.07, 6.45) is 4.51. The fraction of sp³-hybridized carbons (Fsp3) is 0.500. The number of hydrogen-bond acceptors (Lipinski definition) is 6. The van der Waals surface area contributed by atoms with Crippen molar-refractivity contribution < 1.29 is 17.9 Å². The third kappa shape index (κ3) is 6.60. The molecule has 1 aliphatic rings. The minimum absolute atomic E-state index is 0.0607. The van der Waals surface area contributed by atoms with Crippen LogP contribution in [0.15, 0.2) is 34.5 Å². The number of aromatic nitrogens is 1. The first-order chi connectivity index (χ1) is 13.9. The smallest absolute Gasteiger partial charge is 0.251 e. The first-order valence-corrected chi connectivity index (χ1v) is 12.2. The topological polar surface area (TPSA) is 97.4 Å². The zero-order valence-electron chi connectivity index (χ0n) is 16.5. The number of carbonyl (C=O) groups is 1. The Morgan fingerprint density at radius 2 is 2.07 bits per heavy atom. The van der Waals surface area contributed by atoms with Crippen molar-refractivity contribution in [3.05, 3.63) is 45.9 Å². The number of nitrogens with zero attached hydrogens (tertiary/aromatic N) is 1. The van der Waals surface area contributed by atoms with Crippen LogP contribution in [0.4, 0.5) is 0 Å². The Bertz CT molecular complexity index is 904. The lowest BCUT2D eigenvalue weighted by atomic mass is 10.2. The number of benzene rings is 1. The van der Waals surface area contributed by atoms with Gasteiger partial charge in [-0.25, -0.2) is 18.1 Å². The molecule has 1 amide bonds. The zero-order valence-corrected chi connectivity index (χ0v) is 18.2. The van der Waals surface area contributed by atoms with E-state index in [1.165, 1.54) is 24.3 Å². The molecule has 0 bridgehead atoms. The molecule has 3 rings (SSSR count). The lowest BCUT2D eigenvalue weighted by molar-refractivity contribution is 0.0953. The summed E-state index contributed by atoms with van der Waals surface area (Å²) in [5.41, 5.74) is 1.49. The van der Waals surface area contributed by atoms with E-state index in [1.54, 1.807) is 11.3 Å². The maximum Gasteiger partial charge on any atom is 0.251 e. The Morgan fingerprint density at radius 1 is 1.28 bits per heavy atom. The molecule has 0 saturated carbocycles. The molecule has 1 unspecified atom stereocenters. The molecule has 1 aromatic carbocycles. The van der Waals surface area contributed by atoms with Crippen LogP contribution in [-0.4, -0.2) is 45.1 Å². The number of thiazole rings is 1. The molecule has 1 aliphatic heterocycles. The second kappa shape index (κ2) is 10.3. The molecular weight excluding hydrogens is 410 g/mol. The second-order valence-corrected chi connectivity index (χ2v) is 9.82. The summed E-state index contributed by atoms with van der Waals surface area (Å²) in [5, 5.41) is 6.04. The molecule has 0 radical (unpaired) electrons. The van der Waals surface area contributed by atoms with Gasteiger partial charge in [-0.2, -0.15) is 0 Å². The van der Waals surface area contributed by atoms with Crippen LogP contribution >= 0.6 is 11.3 Å². The Morgan fingerprint density at radius 3 is 2.72 bits per heavy atom. The minimum atomic E-state index is -3.61. The first kappa shape index (κ1) is 21.9. The number of unbranched alkanes of at least 4 members (excludes halogenated alkanes) is 1. The monoisotopic (exact) mass is 437 g/mol. The van der Waals surface area contributed by atoms with Gasteiger partial charge < -0.3 is 10.1 Å². The largest absolute Gasteiger partial charge is 0.377 e. The molecule has 1 aromatic heterocycles. The molecule has 29 heavy (non-hydrogen) atoms. The summed E-state index contributed by atoms with van der Waals surface area (Å²) < 4.78 is 32.7. The van der Waals surface area contributed by atoms with E-state index >= 15 is 0 Å². The predicted octanol–water partition coefficient (Wildman–Crippen LogP) is 2.66. The maximum absolute atomic E-state index is 12.4. The molecule has 0 spiro atoms. The number of rotatable bonds is 10. The van der Waals surface area contributed by atoms with E-state index in [0.717, 1.165) is 42.8 Å². The molecule has 7 nitrogen and oxygen atoms in total. The fourth-order valence-corrected chi connectivity index (χ4v) is 4.98. The van der Waals surface area contributed by atoms with Gasteiger partial charge in [0.25, 0.3) is 5.91 Å². The normalized spacial score (nSPS) is 16.8. The van der Waals surface area contributed by atoms with Crippen molar-refractivity contribution in [2.45, 2.75) is 50.0 Å². The first-order valence-electron chi connectivity index (χ1n) is 9.84. The number of aryl methyl sites for hydroxylation is 2. The maximum atomic E-state index is 12.4. The number of carbonyl (C=O) groups excluding carboxylic acids is 1. The van der Waals surface area contributed by atoms with Crippen LogP contribution in [0.3, 0.4) is 0 Å². The third-order valence-electron chi connectivity index (χ3n) is 4.72. The van der Waals surface area contributed by atoms with Crippen LogP contribution in [0.5, 0.6) is 0 Å². The molecule has 0 aliphatic carbocycles. The van der Waals surface area contributed by atoms with Crippen molar-refractivity contribution in [1.82, 2.24) is 15.0 Å². The SMILES string of the molecule is Cc1csc(CCCCNC(=O)c2ccc(S(=O)(=O)NCC3CCCO3)cc2)n1. The van der Waals surface area contributed by atoms with Gasteiger partial charge in [0.15, 0.2) is 0 Å². The summed E-state index contributed by atoms with van der Waals surface area (Å²) >= 11 is 1.66. The van der Waals surface area contributed by atoms with Gasteiger partial charge in [-0.15, -0.1) is 11.3 Å². The molecule has 2 aromatic rings. The predicted molar refractivity (Wildman–Crippen MR) is 113 cm³/mol. The number of ether oxygens (including phenoxy) is 1. The summed E-state index contributed by atoms with van der Waals surface area (Å²) in [7, 11) is -3.61. The van der Waals surface area contributed by atoms with Gasteiger partial charge in [-0.1, -0.05) is 0 Å². The van der Waals surface area contributed by atoms with E-state index < -0.39 is 10.0 Å². The molecule has 158 valence electrons. The lowest BCUT2D eigenvalue weighted by Gasteiger charge is -2.11. The van der Waals surface area contributed by atoms with Crippen LogP contribution in [0.1, 0.15) is 46.7 Å². The fourth-order valence-electron chi connectivity index (χ4n) is 3.10. The average Bonchev–Trinajstić information content (AvgIpc) is 3.38. The van der Waals surface area contributed by atoms with E-state index in [-0.39, 0.29) is 23.5 Å². The molecule has 1 saturated heterocycles. The van der Waals surface area contributed by atoms with Gasteiger partial charge in [-0.3, -0.25) is 4.79 Å². The summed E-state index contributed by atoms with van der Waals surface area (Å²) in [5.74, 6) is -0.202. The van der Waals surface area contributed by atoms with Gasteiger partial charge in [0, 0.05) is 36.3 Å². The Hall–Kier alpha value is -1.81. The van der Waals surface area contributed by atoms with Crippen LogP contribution in [0.25, 0.3) is 0 Å². The van der Waals surface area contributed by atoms with E-state index in [0.29, 0.717) is 18.7 Å². The summed E-state index contributed by atoms with van der Waals surface area (Å²) in [6.45, 7) is 3.51. The van der Waals surface area contributed by atoms with Gasteiger partial charge in [0.05, 0.1) is 16.0 Å². The van der Waals surface area contributed by atoms with E-state index in [9.17, 15) is 13.2 Å². The zero-order chi connectivity index (χ0) is 20.7. The number of sulfonamides is 1. The number of hydrogen-bond donors (Lipinski definition) is 2. The highest BCUT2D eigenvalue weighted by Gasteiger charge is 2.20. The van der Waals surface area contributed by atoms with E-state index in [4.69, 9.17) is 4.74 Å². The Balaban J connectivity index is 1.41. The van der Waals surface area contributed by atoms with Gasteiger partial charge in [-0.05, 0) is 63.3 Å². The molecule has 1 fully saturated rings. The molecule has 2 N–H and O–H groups in total. The van der Waals surface area contributed by atoms with Crippen molar-refractivity contribution in [3.63, 3.8) is 0 Å². The van der Waals surface area contributed by atoms with E-state index in [2.05, 4.69) is 15.0 Å². The Kier molecular flexibility index (Phi) is 7.77. The second-order valence-electron chi connectivity index (χ2n) is 7.11. The highest BCUT2D eigenvalue weighted by Crippen LogP contribution is 2.14. The number of amides is 1. The van der Waals surface area contributed by atoms with E-state index in [1.807, 2.05) is 12.3 Å². The van der Waals surface area contributed by atoms with Gasteiger partial charge in [0.1, 0.15) is 0 Å².